The first kappa shape index (κ1) is 23.7. The Bertz CT molecular complexity index is 871. The van der Waals surface area contributed by atoms with Crippen LogP contribution < -0.4 is 10.6 Å². The molecule has 148 valence electrons. The Morgan fingerprint density at radius 2 is 1.63 bits per heavy atom. The van der Waals surface area contributed by atoms with Gasteiger partial charge in [-0.3, -0.25) is 4.99 Å². The van der Waals surface area contributed by atoms with Crippen LogP contribution in [0.2, 0.25) is 5.02 Å². The lowest BCUT2D eigenvalue weighted by Gasteiger charge is -2.14. The smallest absolute Gasteiger partial charge is 0.242 e. The summed E-state index contributed by atoms with van der Waals surface area (Å²) in [6.07, 6.45) is 0. The zero-order valence-electron chi connectivity index (χ0n) is 15.4. The van der Waals surface area contributed by atoms with Crippen molar-refractivity contribution in [3.05, 3.63) is 64.7 Å². The Morgan fingerprint density at radius 3 is 2.19 bits per heavy atom. The molecule has 2 aromatic carbocycles. The van der Waals surface area contributed by atoms with Crippen molar-refractivity contribution >= 4 is 51.6 Å². The first-order valence-electron chi connectivity index (χ1n) is 8.04. The molecular formula is C18H24ClIN4O2S. The second-order valence-corrected chi connectivity index (χ2v) is 8.36. The van der Waals surface area contributed by atoms with E-state index in [-0.39, 0.29) is 28.9 Å². The van der Waals surface area contributed by atoms with Gasteiger partial charge < -0.3 is 10.6 Å². The van der Waals surface area contributed by atoms with Crippen LogP contribution in [0.25, 0.3) is 0 Å². The lowest BCUT2D eigenvalue weighted by Crippen LogP contribution is -2.36. The number of hydrogen-bond acceptors (Lipinski definition) is 3. The lowest BCUT2D eigenvalue weighted by molar-refractivity contribution is 0.520. The molecule has 2 aromatic rings. The predicted molar refractivity (Wildman–Crippen MR) is 121 cm³/mol. The minimum absolute atomic E-state index is 0. The van der Waals surface area contributed by atoms with Crippen LogP contribution in [0.3, 0.4) is 0 Å². The minimum Gasteiger partial charge on any atom is -0.352 e. The molecule has 0 spiro atoms. The monoisotopic (exact) mass is 522 g/mol. The zero-order valence-corrected chi connectivity index (χ0v) is 19.3. The van der Waals surface area contributed by atoms with E-state index in [1.165, 1.54) is 18.4 Å². The maximum atomic E-state index is 12.1. The fourth-order valence-corrected chi connectivity index (χ4v) is 3.32. The van der Waals surface area contributed by atoms with Gasteiger partial charge in [-0.15, -0.1) is 24.0 Å². The van der Waals surface area contributed by atoms with Crippen LogP contribution in [0.15, 0.2) is 58.4 Å². The van der Waals surface area contributed by atoms with Crippen LogP contribution >= 0.6 is 35.6 Å². The maximum Gasteiger partial charge on any atom is 0.242 e. The molecule has 0 bridgehead atoms. The number of sulfonamides is 1. The number of guanidine groups is 1. The molecule has 9 heteroatoms. The van der Waals surface area contributed by atoms with Gasteiger partial charge in [-0.25, -0.2) is 12.7 Å². The number of aliphatic imine (C=N–C) groups is 1. The standard InChI is InChI=1S/C18H23ClN4O2S.HI/c1-20-18(22-13-15-6-4-5-7-17(15)19)21-12-14-8-10-16(11-9-14)26(24,25)23(2)3;/h4-11H,12-13H2,1-3H3,(H2,20,21,22);1H. The average molecular weight is 523 g/mol. The summed E-state index contributed by atoms with van der Waals surface area (Å²) in [5.41, 5.74) is 1.93. The molecule has 2 N–H and O–H groups in total. The molecule has 0 heterocycles. The topological polar surface area (TPSA) is 73.8 Å². The number of halogens is 2. The molecule has 0 radical (unpaired) electrons. The van der Waals surface area contributed by atoms with Crippen molar-refractivity contribution in [1.29, 1.82) is 0 Å². The minimum atomic E-state index is -3.41. The molecule has 27 heavy (non-hydrogen) atoms. The summed E-state index contributed by atoms with van der Waals surface area (Å²) in [6, 6.07) is 14.4. The summed E-state index contributed by atoms with van der Waals surface area (Å²) >= 11 is 6.14. The number of hydrogen-bond donors (Lipinski definition) is 2. The Morgan fingerprint density at radius 1 is 1.04 bits per heavy atom. The number of rotatable bonds is 6. The van der Waals surface area contributed by atoms with Crippen LogP contribution in [0.1, 0.15) is 11.1 Å². The van der Waals surface area contributed by atoms with Crippen molar-refractivity contribution in [2.24, 2.45) is 4.99 Å². The number of nitrogens with zero attached hydrogens (tertiary/aromatic N) is 2. The second-order valence-electron chi connectivity index (χ2n) is 5.80. The molecule has 0 saturated carbocycles. The van der Waals surface area contributed by atoms with Crippen LogP contribution in [0.4, 0.5) is 0 Å². The quantitative estimate of drug-likeness (QED) is 0.347. The normalized spacial score (nSPS) is 11.8. The fraction of sp³-hybridized carbons (Fsp3) is 0.278. The van der Waals surface area contributed by atoms with E-state index in [0.29, 0.717) is 24.1 Å². The molecule has 0 fully saturated rings. The van der Waals surface area contributed by atoms with Gasteiger partial charge in [-0.05, 0) is 29.3 Å². The first-order valence-corrected chi connectivity index (χ1v) is 9.86. The molecule has 6 nitrogen and oxygen atoms in total. The Balaban J connectivity index is 0.00000364. The zero-order chi connectivity index (χ0) is 19.2. The van der Waals surface area contributed by atoms with Gasteiger partial charge in [0.2, 0.25) is 10.0 Å². The lowest BCUT2D eigenvalue weighted by atomic mass is 10.2. The van der Waals surface area contributed by atoms with Crippen molar-refractivity contribution in [1.82, 2.24) is 14.9 Å². The fourth-order valence-electron chi connectivity index (χ4n) is 2.22. The van der Waals surface area contributed by atoms with E-state index in [1.54, 1.807) is 31.3 Å². The summed E-state index contributed by atoms with van der Waals surface area (Å²) in [7, 11) is 1.31. The molecule has 0 atom stereocenters. The molecule has 0 unspecified atom stereocenters. The highest BCUT2D eigenvalue weighted by molar-refractivity contribution is 14.0. The summed E-state index contributed by atoms with van der Waals surface area (Å²) in [5.74, 6) is 0.634. The van der Waals surface area contributed by atoms with Gasteiger partial charge in [0.25, 0.3) is 0 Å². The van der Waals surface area contributed by atoms with E-state index >= 15 is 0 Å². The maximum absolute atomic E-state index is 12.1. The highest BCUT2D eigenvalue weighted by Crippen LogP contribution is 2.15. The number of benzene rings is 2. The molecule has 0 saturated heterocycles. The van der Waals surface area contributed by atoms with Gasteiger partial charge >= 0.3 is 0 Å². The van der Waals surface area contributed by atoms with Gasteiger partial charge in [0, 0.05) is 39.3 Å². The van der Waals surface area contributed by atoms with Gasteiger partial charge in [0.15, 0.2) is 5.96 Å². The van der Waals surface area contributed by atoms with Crippen molar-refractivity contribution in [2.75, 3.05) is 21.1 Å². The third-order valence-corrected chi connectivity index (χ3v) is 5.99. The SMILES string of the molecule is CN=C(NCc1ccc(S(=O)(=O)N(C)C)cc1)NCc1ccccc1Cl.I. The Kier molecular flexibility index (Phi) is 9.51. The molecule has 0 aliphatic rings. The Hall–Kier alpha value is -1.36. The third kappa shape index (κ3) is 6.63. The molecule has 0 aliphatic carbocycles. The highest BCUT2D eigenvalue weighted by atomic mass is 127. The van der Waals surface area contributed by atoms with Crippen molar-refractivity contribution in [2.45, 2.75) is 18.0 Å². The van der Waals surface area contributed by atoms with Crippen LogP contribution in [0, 0.1) is 0 Å². The second kappa shape index (κ2) is 10.8. The summed E-state index contributed by atoms with van der Waals surface area (Å²) in [4.78, 5) is 4.45. The van der Waals surface area contributed by atoms with Gasteiger partial charge in [0.1, 0.15) is 0 Å². The number of nitrogens with one attached hydrogen (secondary N) is 2. The van der Waals surface area contributed by atoms with Crippen molar-refractivity contribution in [3.8, 4) is 0 Å². The molecular weight excluding hydrogens is 499 g/mol. The average Bonchev–Trinajstić information content (AvgIpc) is 2.63. The summed E-state index contributed by atoms with van der Waals surface area (Å²) in [6.45, 7) is 1.07. The van der Waals surface area contributed by atoms with E-state index in [4.69, 9.17) is 11.6 Å². The largest absolute Gasteiger partial charge is 0.352 e. The van der Waals surface area contributed by atoms with Crippen LogP contribution in [-0.4, -0.2) is 39.8 Å². The summed E-state index contributed by atoms with van der Waals surface area (Å²) < 4.78 is 25.3. The van der Waals surface area contributed by atoms with E-state index in [1.807, 2.05) is 24.3 Å². The van der Waals surface area contributed by atoms with Crippen molar-refractivity contribution < 1.29 is 8.42 Å². The molecule has 0 aromatic heterocycles. The van der Waals surface area contributed by atoms with Crippen LogP contribution in [0.5, 0.6) is 0 Å². The van der Waals surface area contributed by atoms with Crippen molar-refractivity contribution in [3.63, 3.8) is 0 Å². The van der Waals surface area contributed by atoms with E-state index in [9.17, 15) is 8.42 Å². The predicted octanol–water partition coefficient (Wildman–Crippen LogP) is 3.07. The molecule has 2 rings (SSSR count). The third-order valence-electron chi connectivity index (χ3n) is 3.79. The van der Waals surface area contributed by atoms with Gasteiger partial charge in [-0.2, -0.15) is 0 Å². The van der Waals surface area contributed by atoms with E-state index in [2.05, 4.69) is 15.6 Å². The van der Waals surface area contributed by atoms with Crippen LogP contribution in [-0.2, 0) is 23.1 Å². The first-order chi connectivity index (χ1) is 12.3. The van der Waals surface area contributed by atoms with Gasteiger partial charge in [-0.1, -0.05) is 41.9 Å². The molecule has 0 amide bonds. The highest BCUT2D eigenvalue weighted by Gasteiger charge is 2.16. The van der Waals surface area contributed by atoms with E-state index < -0.39 is 10.0 Å². The van der Waals surface area contributed by atoms with Gasteiger partial charge in [0.05, 0.1) is 4.90 Å². The summed E-state index contributed by atoms with van der Waals surface area (Å²) in [5, 5.41) is 7.09. The Labute approximate surface area is 183 Å². The molecule has 0 aliphatic heterocycles. The van der Waals surface area contributed by atoms with E-state index in [0.717, 1.165) is 11.1 Å².